The van der Waals surface area contributed by atoms with Gasteiger partial charge in [-0.2, -0.15) is 0 Å². The Morgan fingerprint density at radius 3 is 2.20 bits per heavy atom. The van der Waals surface area contributed by atoms with Gasteiger partial charge in [0.15, 0.2) is 9.84 Å². The molecule has 1 aliphatic rings. The van der Waals surface area contributed by atoms with Gasteiger partial charge in [0.25, 0.3) is 0 Å². The Bertz CT molecular complexity index is 947. The third-order valence-electron chi connectivity index (χ3n) is 5.60. The molecule has 0 aliphatic carbocycles. The highest BCUT2D eigenvalue weighted by atomic mass is 32.2. The third-order valence-corrected chi connectivity index (χ3v) is 7.77. The number of sulfone groups is 1. The quantitative estimate of drug-likeness (QED) is 0.643. The SMILES string of the molecule is CC(C)S(=O)(=O)Cc1ccc(CCc2ccc(F)cc2N2C[C@@H](C)O[C@@H](C)C2)cc1. The molecule has 6 heteroatoms. The van der Waals surface area contributed by atoms with Crippen LogP contribution in [0.15, 0.2) is 42.5 Å². The summed E-state index contributed by atoms with van der Waals surface area (Å²) in [5, 5.41) is -0.375. The molecule has 0 radical (unpaired) electrons. The predicted octanol–water partition coefficient (Wildman–Crippen LogP) is 4.55. The molecule has 1 heterocycles. The highest BCUT2D eigenvalue weighted by Gasteiger charge is 2.24. The summed E-state index contributed by atoms with van der Waals surface area (Å²) < 4.78 is 44.0. The van der Waals surface area contributed by atoms with Gasteiger partial charge in [0.2, 0.25) is 0 Å². The van der Waals surface area contributed by atoms with Crippen LogP contribution in [0, 0.1) is 5.82 Å². The summed E-state index contributed by atoms with van der Waals surface area (Å²) in [7, 11) is -3.10. The fourth-order valence-electron chi connectivity index (χ4n) is 3.90. The minimum Gasteiger partial charge on any atom is -0.372 e. The number of ether oxygens (including phenoxy) is 1. The third kappa shape index (κ3) is 5.82. The van der Waals surface area contributed by atoms with Crippen LogP contribution in [0.2, 0.25) is 0 Å². The van der Waals surface area contributed by atoms with E-state index in [2.05, 4.69) is 4.90 Å². The molecule has 0 unspecified atom stereocenters. The average Bonchev–Trinajstić information content (AvgIpc) is 2.67. The van der Waals surface area contributed by atoms with Crippen molar-refractivity contribution in [2.24, 2.45) is 0 Å². The van der Waals surface area contributed by atoms with Gasteiger partial charge in [0.05, 0.1) is 23.2 Å². The molecular weight excluding hydrogens is 401 g/mol. The molecule has 164 valence electrons. The summed E-state index contributed by atoms with van der Waals surface area (Å²) in [4.78, 5) is 2.22. The number of nitrogens with zero attached hydrogens (tertiary/aromatic N) is 1. The van der Waals surface area contributed by atoms with Gasteiger partial charge < -0.3 is 9.64 Å². The summed E-state index contributed by atoms with van der Waals surface area (Å²) in [5.41, 5.74) is 4.01. The molecule has 2 aromatic carbocycles. The Kier molecular flexibility index (Phi) is 7.19. The lowest BCUT2D eigenvalue weighted by Crippen LogP contribution is -2.45. The first-order valence-electron chi connectivity index (χ1n) is 10.6. The molecule has 1 fully saturated rings. The van der Waals surface area contributed by atoms with Gasteiger partial charge in [-0.1, -0.05) is 30.3 Å². The van der Waals surface area contributed by atoms with Crippen molar-refractivity contribution in [3.05, 3.63) is 65.0 Å². The van der Waals surface area contributed by atoms with Crippen molar-refractivity contribution < 1.29 is 17.5 Å². The molecular formula is C24H32FNO3S. The van der Waals surface area contributed by atoms with Crippen LogP contribution in [0.5, 0.6) is 0 Å². The van der Waals surface area contributed by atoms with Gasteiger partial charge in [-0.25, -0.2) is 12.8 Å². The largest absolute Gasteiger partial charge is 0.372 e. The number of hydrogen-bond acceptors (Lipinski definition) is 4. The molecule has 0 bridgehead atoms. The zero-order valence-corrected chi connectivity index (χ0v) is 19.1. The molecule has 0 aromatic heterocycles. The van der Waals surface area contributed by atoms with E-state index in [4.69, 9.17) is 4.74 Å². The maximum Gasteiger partial charge on any atom is 0.156 e. The summed E-state index contributed by atoms with van der Waals surface area (Å²) in [6, 6.07) is 12.8. The number of hydrogen-bond donors (Lipinski definition) is 0. The van der Waals surface area contributed by atoms with E-state index >= 15 is 0 Å². The van der Waals surface area contributed by atoms with E-state index < -0.39 is 9.84 Å². The molecule has 1 saturated heterocycles. The van der Waals surface area contributed by atoms with Crippen molar-refractivity contribution in [1.29, 1.82) is 0 Å². The van der Waals surface area contributed by atoms with Crippen molar-refractivity contribution in [3.8, 4) is 0 Å². The Hall–Kier alpha value is -1.92. The van der Waals surface area contributed by atoms with Gasteiger partial charge in [-0.15, -0.1) is 0 Å². The lowest BCUT2D eigenvalue weighted by molar-refractivity contribution is -0.00527. The number of anilines is 1. The minimum atomic E-state index is -3.10. The lowest BCUT2D eigenvalue weighted by Gasteiger charge is -2.38. The second-order valence-electron chi connectivity index (χ2n) is 8.61. The van der Waals surface area contributed by atoms with E-state index in [-0.39, 0.29) is 29.0 Å². The number of morpholine rings is 1. The van der Waals surface area contributed by atoms with Crippen LogP contribution in [0.4, 0.5) is 10.1 Å². The molecule has 1 aliphatic heterocycles. The Labute approximate surface area is 180 Å². The molecule has 2 atom stereocenters. The van der Waals surface area contributed by atoms with Crippen LogP contribution in [-0.2, 0) is 33.2 Å². The number of rotatable bonds is 7. The van der Waals surface area contributed by atoms with E-state index in [9.17, 15) is 12.8 Å². The van der Waals surface area contributed by atoms with Crippen molar-refractivity contribution in [2.75, 3.05) is 18.0 Å². The molecule has 0 amide bonds. The van der Waals surface area contributed by atoms with Crippen LogP contribution >= 0.6 is 0 Å². The van der Waals surface area contributed by atoms with Gasteiger partial charge in [-0.3, -0.25) is 0 Å². The summed E-state index contributed by atoms with van der Waals surface area (Å²) in [6.45, 7) is 9.00. The van der Waals surface area contributed by atoms with E-state index in [1.165, 1.54) is 6.07 Å². The Morgan fingerprint density at radius 1 is 1.00 bits per heavy atom. The standard InChI is InChI=1S/C24H32FNO3S/c1-17(2)30(27,28)16-21-7-5-20(6-8-21)9-10-22-11-12-23(25)13-24(22)26-14-18(3)29-19(4)15-26/h5-8,11-13,17-19H,9-10,14-16H2,1-4H3/t18-,19+. The average molecular weight is 434 g/mol. The predicted molar refractivity (Wildman–Crippen MR) is 120 cm³/mol. The second kappa shape index (κ2) is 9.48. The summed E-state index contributed by atoms with van der Waals surface area (Å²) >= 11 is 0. The summed E-state index contributed by atoms with van der Waals surface area (Å²) in [6.07, 6.45) is 1.82. The van der Waals surface area contributed by atoms with E-state index in [1.807, 2.05) is 44.2 Å². The van der Waals surface area contributed by atoms with Crippen LogP contribution in [0.25, 0.3) is 0 Å². The molecule has 0 N–H and O–H groups in total. The molecule has 0 spiro atoms. The molecule has 4 nitrogen and oxygen atoms in total. The van der Waals surface area contributed by atoms with Gasteiger partial charge in [0.1, 0.15) is 5.82 Å². The van der Waals surface area contributed by atoms with Crippen LogP contribution in [0.1, 0.15) is 44.4 Å². The number of aryl methyl sites for hydroxylation is 2. The first-order chi connectivity index (χ1) is 14.1. The molecule has 3 rings (SSSR count). The smallest absolute Gasteiger partial charge is 0.156 e. The highest BCUT2D eigenvalue weighted by molar-refractivity contribution is 7.91. The fraction of sp³-hybridized carbons (Fsp3) is 0.500. The number of halogens is 1. The molecule has 30 heavy (non-hydrogen) atoms. The highest BCUT2D eigenvalue weighted by Crippen LogP contribution is 2.27. The van der Waals surface area contributed by atoms with Crippen molar-refractivity contribution in [3.63, 3.8) is 0 Å². The zero-order valence-electron chi connectivity index (χ0n) is 18.3. The first kappa shape index (κ1) is 22.8. The Balaban J connectivity index is 1.70. The first-order valence-corrected chi connectivity index (χ1v) is 12.3. The topological polar surface area (TPSA) is 46.6 Å². The van der Waals surface area contributed by atoms with Crippen molar-refractivity contribution in [1.82, 2.24) is 0 Å². The number of benzene rings is 2. The van der Waals surface area contributed by atoms with E-state index in [0.29, 0.717) is 0 Å². The second-order valence-corrected chi connectivity index (χ2v) is 11.2. The normalized spacial score (nSPS) is 20.0. The maximum atomic E-state index is 14.0. The monoisotopic (exact) mass is 433 g/mol. The van der Waals surface area contributed by atoms with Gasteiger partial charge >= 0.3 is 0 Å². The maximum absolute atomic E-state index is 14.0. The summed E-state index contributed by atoms with van der Waals surface area (Å²) in [5.74, 6) is -0.156. The Morgan fingerprint density at radius 2 is 1.60 bits per heavy atom. The van der Waals surface area contributed by atoms with E-state index in [1.54, 1.807) is 19.9 Å². The van der Waals surface area contributed by atoms with Crippen molar-refractivity contribution in [2.45, 2.75) is 63.7 Å². The minimum absolute atomic E-state index is 0.0699. The molecule has 2 aromatic rings. The molecule has 0 saturated carbocycles. The van der Waals surface area contributed by atoms with Crippen LogP contribution in [0.3, 0.4) is 0 Å². The lowest BCUT2D eigenvalue weighted by atomic mass is 10.0. The fourth-order valence-corrected chi connectivity index (χ4v) is 4.89. The van der Waals surface area contributed by atoms with Gasteiger partial charge in [0, 0.05) is 18.8 Å². The zero-order chi connectivity index (χ0) is 21.9. The van der Waals surface area contributed by atoms with Crippen LogP contribution in [-0.4, -0.2) is 39.0 Å². The van der Waals surface area contributed by atoms with E-state index in [0.717, 1.165) is 48.3 Å². The van der Waals surface area contributed by atoms with Crippen LogP contribution < -0.4 is 4.90 Å². The van der Waals surface area contributed by atoms with Gasteiger partial charge in [-0.05, 0) is 69.4 Å². The van der Waals surface area contributed by atoms with Crippen molar-refractivity contribution >= 4 is 15.5 Å².